The zero-order valence-corrected chi connectivity index (χ0v) is 14.7. The zero-order chi connectivity index (χ0) is 18.5. The molecule has 0 atom stereocenters. The molecular weight excluding hydrogens is 354 g/mol. The van der Waals surface area contributed by atoms with Gasteiger partial charge in [0, 0.05) is 29.5 Å². The number of hydrogen-bond acceptors (Lipinski definition) is 6. The average Bonchev–Trinajstić information content (AvgIpc) is 2.66. The number of nitro benzene ring substituents is 1. The largest absolute Gasteiger partial charge is 0.497 e. The van der Waals surface area contributed by atoms with Crippen molar-refractivity contribution in [2.75, 3.05) is 7.11 Å². The fourth-order valence-corrected chi connectivity index (χ4v) is 3.11. The van der Waals surface area contributed by atoms with E-state index in [1.54, 1.807) is 19.2 Å². The second-order valence-electron chi connectivity index (χ2n) is 5.38. The number of aromatic amines is 1. The number of thioether (sulfide) groups is 1. The molecule has 1 N–H and O–H groups in total. The van der Waals surface area contributed by atoms with Gasteiger partial charge in [-0.3, -0.25) is 14.9 Å². The van der Waals surface area contributed by atoms with E-state index in [1.165, 1.54) is 30.0 Å². The van der Waals surface area contributed by atoms with Crippen LogP contribution in [0.3, 0.4) is 0 Å². The summed E-state index contributed by atoms with van der Waals surface area (Å²) >= 11 is 1.36. The van der Waals surface area contributed by atoms with Crippen molar-refractivity contribution in [3.8, 4) is 17.0 Å². The minimum Gasteiger partial charge on any atom is -0.497 e. The maximum Gasteiger partial charge on any atom is 0.269 e. The van der Waals surface area contributed by atoms with Crippen molar-refractivity contribution in [3.63, 3.8) is 0 Å². The van der Waals surface area contributed by atoms with Crippen LogP contribution in [0.25, 0.3) is 11.3 Å². The third-order valence-electron chi connectivity index (χ3n) is 3.63. The fraction of sp³-hybridized carbons (Fsp3) is 0.111. The molecule has 0 radical (unpaired) electrons. The van der Waals surface area contributed by atoms with E-state index in [4.69, 9.17) is 4.74 Å². The molecule has 0 bridgehead atoms. The molecule has 0 unspecified atom stereocenters. The molecule has 3 aromatic rings. The number of aromatic nitrogens is 2. The number of non-ortho nitro benzene ring substituents is 1. The number of nitro groups is 1. The lowest BCUT2D eigenvalue weighted by Gasteiger charge is -2.06. The molecule has 1 heterocycles. The Labute approximate surface area is 153 Å². The number of nitrogens with zero attached hydrogens (tertiary/aromatic N) is 2. The van der Waals surface area contributed by atoms with Crippen molar-refractivity contribution >= 4 is 17.4 Å². The van der Waals surface area contributed by atoms with Gasteiger partial charge in [-0.2, -0.15) is 0 Å². The van der Waals surface area contributed by atoms with Gasteiger partial charge in [-0.15, -0.1) is 0 Å². The summed E-state index contributed by atoms with van der Waals surface area (Å²) in [6, 6.07) is 15.0. The molecule has 0 spiro atoms. The minimum absolute atomic E-state index is 0.0479. The van der Waals surface area contributed by atoms with Gasteiger partial charge < -0.3 is 9.72 Å². The molecule has 132 valence electrons. The fourth-order valence-electron chi connectivity index (χ4n) is 2.28. The number of hydrogen-bond donors (Lipinski definition) is 1. The molecule has 0 saturated carbocycles. The summed E-state index contributed by atoms with van der Waals surface area (Å²) in [5, 5.41) is 11.2. The molecule has 0 amide bonds. The van der Waals surface area contributed by atoms with E-state index in [1.807, 2.05) is 24.3 Å². The molecule has 0 aliphatic heterocycles. The van der Waals surface area contributed by atoms with Crippen molar-refractivity contribution in [2.24, 2.45) is 0 Å². The number of methoxy groups -OCH3 is 1. The van der Waals surface area contributed by atoms with Crippen LogP contribution in [0, 0.1) is 10.1 Å². The molecule has 0 aliphatic carbocycles. The first-order valence-electron chi connectivity index (χ1n) is 7.67. The van der Waals surface area contributed by atoms with Gasteiger partial charge in [-0.05, 0) is 29.8 Å². The summed E-state index contributed by atoms with van der Waals surface area (Å²) < 4.78 is 5.13. The van der Waals surface area contributed by atoms with Gasteiger partial charge in [0.25, 0.3) is 11.2 Å². The van der Waals surface area contributed by atoms with E-state index in [2.05, 4.69) is 9.97 Å². The lowest BCUT2D eigenvalue weighted by atomic mass is 10.1. The van der Waals surface area contributed by atoms with Crippen LogP contribution in [0.4, 0.5) is 5.69 Å². The molecule has 26 heavy (non-hydrogen) atoms. The van der Waals surface area contributed by atoms with E-state index in [9.17, 15) is 14.9 Å². The molecule has 0 fully saturated rings. The van der Waals surface area contributed by atoms with Gasteiger partial charge in [0.15, 0.2) is 5.16 Å². The van der Waals surface area contributed by atoms with Gasteiger partial charge in [0.1, 0.15) is 5.75 Å². The molecule has 2 aromatic carbocycles. The highest BCUT2D eigenvalue weighted by Gasteiger charge is 2.07. The summed E-state index contributed by atoms with van der Waals surface area (Å²) in [5.41, 5.74) is 2.10. The summed E-state index contributed by atoms with van der Waals surface area (Å²) in [5.74, 6) is 1.26. The average molecular weight is 369 g/mol. The Morgan fingerprint density at radius 2 is 1.85 bits per heavy atom. The third-order valence-corrected chi connectivity index (χ3v) is 4.57. The number of rotatable bonds is 6. The second kappa shape index (κ2) is 7.83. The highest BCUT2D eigenvalue weighted by molar-refractivity contribution is 7.98. The van der Waals surface area contributed by atoms with Gasteiger partial charge in [-0.25, -0.2) is 4.98 Å². The lowest BCUT2D eigenvalue weighted by Crippen LogP contribution is -2.08. The summed E-state index contributed by atoms with van der Waals surface area (Å²) in [7, 11) is 1.59. The van der Waals surface area contributed by atoms with E-state index in [0.717, 1.165) is 16.9 Å². The van der Waals surface area contributed by atoms with Gasteiger partial charge in [-0.1, -0.05) is 23.9 Å². The number of nitrogens with one attached hydrogen (secondary N) is 1. The smallest absolute Gasteiger partial charge is 0.269 e. The van der Waals surface area contributed by atoms with Gasteiger partial charge in [0.2, 0.25) is 0 Å². The molecule has 1 aromatic heterocycles. The van der Waals surface area contributed by atoms with Crippen LogP contribution in [0.15, 0.2) is 64.5 Å². The molecule has 0 aliphatic rings. The quantitative estimate of drug-likeness (QED) is 0.308. The first-order chi connectivity index (χ1) is 12.5. The van der Waals surface area contributed by atoms with Crippen LogP contribution >= 0.6 is 11.8 Å². The predicted molar refractivity (Wildman–Crippen MR) is 99.5 cm³/mol. The summed E-state index contributed by atoms with van der Waals surface area (Å²) in [6.45, 7) is 0. The van der Waals surface area contributed by atoms with E-state index >= 15 is 0 Å². The standard InChI is InChI=1S/C18H15N3O4S/c1-25-15-8-4-13(5-9-15)16-10-17(22)20-18(19-16)26-11-12-2-6-14(7-3-12)21(23)24/h2-10H,11H2,1H3,(H,19,20,22). The number of benzene rings is 2. The van der Waals surface area contributed by atoms with Crippen molar-refractivity contribution < 1.29 is 9.66 Å². The normalized spacial score (nSPS) is 10.5. The summed E-state index contributed by atoms with van der Waals surface area (Å²) in [6.07, 6.45) is 0. The molecule has 0 saturated heterocycles. The Balaban J connectivity index is 1.76. The molecular formula is C18H15N3O4S. The van der Waals surface area contributed by atoms with Gasteiger partial charge >= 0.3 is 0 Å². The Morgan fingerprint density at radius 1 is 1.15 bits per heavy atom. The molecule has 8 heteroatoms. The van der Waals surface area contributed by atoms with Crippen molar-refractivity contribution in [1.82, 2.24) is 9.97 Å². The first kappa shape index (κ1) is 17.7. The van der Waals surface area contributed by atoms with Crippen LogP contribution < -0.4 is 10.3 Å². The Morgan fingerprint density at radius 3 is 2.46 bits per heavy atom. The maximum absolute atomic E-state index is 11.9. The topological polar surface area (TPSA) is 98.1 Å². The minimum atomic E-state index is -0.436. The monoisotopic (exact) mass is 369 g/mol. The Bertz CT molecular complexity index is 969. The van der Waals surface area contributed by atoms with E-state index in [0.29, 0.717) is 16.6 Å². The highest BCUT2D eigenvalue weighted by Crippen LogP contribution is 2.24. The molecule has 7 nitrogen and oxygen atoms in total. The van der Waals surface area contributed by atoms with E-state index < -0.39 is 4.92 Å². The zero-order valence-electron chi connectivity index (χ0n) is 13.8. The Hall–Kier alpha value is -3.13. The van der Waals surface area contributed by atoms with Crippen molar-refractivity contribution in [1.29, 1.82) is 0 Å². The maximum atomic E-state index is 11.9. The van der Waals surface area contributed by atoms with Crippen LogP contribution in [-0.2, 0) is 5.75 Å². The van der Waals surface area contributed by atoms with Crippen LogP contribution in [0.5, 0.6) is 5.75 Å². The van der Waals surface area contributed by atoms with Crippen LogP contribution in [0.2, 0.25) is 0 Å². The lowest BCUT2D eigenvalue weighted by molar-refractivity contribution is -0.384. The highest BCUT2D eigenvalue weighted by atomic mass is 32.2. The molecule has 3 rings (SSSR count). The first-order valence-corrected chi connectivity index (χ1v) is 8.65. The van der Waals surface area contributed by atoms with Crippen LogP contribution in [-0.4, -0.2) is 22.0 Å². The van der Waals surface area contributed by atoms with Gasteiger partial charge in [0.05, 0.1) is 17.7 Å². The Kier molecular flexibility index (Phi) is 5.33. The SMILES string of the molecule is COc1ccc(-c2cc(=O)[nH]c(SCc3ccc([N+](=O)[O-])cc3)n2)cc1. The summed E-state index contributed by atoms with van der Waals surface area (Å²) in [4.78, 5) is 29.4. The van der Waals surface area contributed by atoms with Crippen molar-refractivity contribution in [2.45, 2.75) is 10.9 Å². The van der Waals surface area contributed by atoms with Crippen LogP contribution in [0.1, 0.15) is 5.56 Å². The third kappa shape index (κ3) is 4.28. The number of ether oxygens (including phenoxy) is 1. The second-order valence-corrected chi connectivity index (χ2v) is 6.34. The predicted octanol–water partition coefficient (Wildman–Crippen LogP) is 3.65. The van der Waals surface area contributed by atoms with Crippen molar-refractivity contribution in [3.05, 3.63) is 80.6 Å². The van der Waals surface area contributed by atoms with E-state index in [-0.39, 0.29) is 11.2 Å². The number of H-pyrrole nitrogens is 1.